The Morgan fingerprint density at radius 1 is 1.30 bits per heavy atom. The van der Waals surface area contributed by atoms with Crippen LogP contribution in [-0.4, -0.2) is 28.0 Å². The van der Waals surface area contributed by atoms with E-state index in [1.807, 2.05) is 0 Å². The molecule has 1 aromatic heterocycles. The van der Waals surface area contributed by atoms with E-state index in [4.69, 9.17) is 0 Å². The third kappa shape index (κ3) is 2.56. The maximum atomic E-state index is 12.3. The van der Waals surface area contributed by atoms with E-state index in [9.17, 15) is 20.0 Å². The summed E-state index contributed by atoms with van der Waals surface area (Å²) in [6.07, 6.45) is 3.02. The summed E-state index contributed by atoms with van der Waals surface area (Å²) in [4.78, 5) is 27.7. The predicted octanol–water partition coefficient (Wildman–Crippen LogP) is 1.97. The molecule has 0 bridgehead atoms. The van der Waals surface area contributed by atoms with Crippen molar-refractivity contribution in [2.75, 3.05) is 11.9 Å². The Kier molecular flexibility index (Phi) is 3.60. The molecular formula is C13H11N3O4. The van der Waals surface area contributed by atoms with Crippen LogP contribution in [0.3, 0.4) is 0 Å². The van der Waals surface area contributed by atoms with Crippen molar-refractivity contribution >= 4 is 17.3 Å². The summed E-state index contributed by atoms with van der Waals surface area (Å²) in [5.41, 5.74) is 0.0191. The molecule has 2 rings (SSSR count). The molecule has 0 radical (unpaired) electrons. The van der Waals surface area contributed by atoms with Gasteiger partial charge in [0, 0.05) is 31.2 Å². The molecule has 7 nitrogen and oxygen atoms in total. The zero-order valence-corrected chi connectivity index (χ0v) is 10.6. The van der Waals surface area contributed by atoms with Crippen LogP contribution in [0.4, 0.5) is 11.4 Å². The van der Waals surface area contributed by atoms with Crippen molar-refractivity contribution in [2.24, 2.45) is 0 Å². The Morgan fingerprint density at radius 2 is 1.95 bits per heavy atom. The van der Waals surface area contributed by atoms with Gasteiger partial charge in [-0.1, -0.05) is 0 Å². The van der Waals surface area contributed by atoms with Crippen LogP contribution in [-0.2, 0) is 0 Å². The van der Waals surface area contributed by atoms with Crippen molar-refractivity contribution in [3.8, 4) is 5.75 Å². The number of hydrogen-bond donors (Lipinski definition) is 1. The zero-order chi connectivity index (χ0) is 14.7. The Morgan fingerprint density at radius 3 is 2.55 bits per heavy atom. The number of rotatable bonds is 3. The van der Waals surface area contributed by atoms with Crippen molar-refractivity contribution in [2.45, 2.75) is 0 Å². The average Bonchev–Trinajstić information content (AvgIpc) is 2.46. The van der Waals surface area contributed by atoms with Gasteiger partial charge in [0.1, 0.15) is 11.3 Å². The molecule has 0 saturated heterocycles. The van der Waals surface area contributed by atoms with Crippen LogP contribution in [0.1, 0.15) is 10.4 Å². The number of carbonyl (C=O) groups excluding carboxylic acids is 1. The number of pyridine rings is 1. The van der Waals surface area contributed by atoms with E-state index in [-0.39, 0.29) is 17.0 Å². The monoisotopic (exact) mass is 273 g/mol. The lowest BCUT2D eigenvalue weighted by Gasteiger charge is -2.17. The van der Waals surface area contributed by atoms with Crippen LogP contribution in [0.2, 0.25) is 0 Å². The van der Waals surface area contributed by atoms with Gasteiger partial charge >= 0.3 is 0 Å². The van der Waals surface area contributed by atoms with Crippen molar-refractivity contribution in [3.63, 3.8) is 0 Å². The SMILES string of the molecule is CN(C(=O)c1cc(O)ccc1[N+](=O)[O-])c1ccncc1. The van der Waals surface area contributed by atoms with Crippen molar-refractivity contribution in [3.05, 3.63) is 58.4 Å². The molecule has 0 atom stereocenters. The van der Waals surface area contributed by atoms with Crippen LogP contribution in [0.15, 0.2) is 42.7 Å². The summed E-state index contributed by atoms with van der Waals surface area (Å²) in [6, 6.07) is 6.56. The molecule has 0 aliphatic carbocycles. The number of nitro benzene ring substituents is 1. The van der Waals surface area contributed by atoms with E-state index in [0.717, 1.165) is 12.1 Å². The van der Waals surface area contributed by atoms with Gasteiger partial charge in [0.25, 0.3) is 11.6 Å². The highest BCUT2D eigenvalue weighted by molar-refractivity contribution is 6.08. The average molecular weight is 273 g/mol. The third-order valence-electron chi connectivity index (χ3n) is 2.76. The van der Waals surface area contributed by atoms with E-state index in [0.29, 0.717) is 5.69 Å². The maximum absolute atomic E-state index is 12.3. The number of amides is 1. The lowest BCUT2D eigenvalue weighted by molar-refractivity contribution is -0.385. The third-order valence-corrected chi connectivity index (χ3v) is 2.76. The van der Waals surface area contributed by atoms with E-state index in [2.05, 4.69) is 4.98 Å². The number of carbonyl (C=O) groups is 1. The fraction of sp³-hybridized carbons (Fsp3) is 0.0769. The molecule has 0 aliphatic rings. The first-order valence-electron chi connectivity index (χ1n) is 5.66. The molecular weight excluding hydrogens is 262 g/mol. The van der Waals surface area contributed by atoms with Crippen LogP contribution >= 0.6 is 0 Å². The second-order valence-electron chi connectivity index (χ2n) is 4.03. The fourth-order valence-corrected chi connectivity index (χ4v) is 1.72. The number of aromatic hydroxyl groups is 1. The van der Waals surface area contributed by atoms with Crippen LogP contribution in [0.5, 0.6) is 5.75 Å². The largest absolute Gasteiger partial charge is 0.508 e. The molecule has 0 aliphatic heterocycles. The van der Waals surface area contributed by atoms with E-state index in [1.54, 1.807) is 12.1 Å². The number of benzene rings is 1. The number of phenols is 1. The van der Waals surface area contributed by atoms with Gasteiger partial charge in [0.2, 0.25) is 0 Å². The molecule has 0 saturated carbocycles. The van der Waals surface area contributed by atoms with Crippen molar-refractivity contribution in [1.82, 2.24) is 4.98 Å². The fourth-order valence-electron chi connectivity index (χ4n) is 1.72. The minimum absolute atomic E-state index is 0.172. The van der Waals surface area contributed by atoms with E-state index in [1.165, 1.54) is 30.4 Å². The summed E-state index contributed by atoms with van der Waals surface area (Å²) in [5, 5.41) is 20.4. The normalized spacial score (nSPS) is 10.1. The van der Waals surface area contributed by atoms with Gasteiger partial charge in [-0.2, -0.15) is 0 Å². The first-order chi connectivity index (χ1) is 9.50. The first kappa shape index (κ1) is 13.5. The Balaban J connectivity index is 2.43. The van der Waals surface area contributed by atoms with Gasteiger partial charge in [0.05, 0.1) is 4.92 Å². The topological polar surface area (TPSA) is 96.6 Å². The summed E-state index contributed by atoms with van der Waals surface area (Å²) in [5.74, 6) is -0.791. The van der Waals surface area contributed by atoms with Gasteiger partial charge in [-0.15, -0.1) is 0 Å². The molecule has 0 fully saturated rings. The molecule has 102 valence electrons. The highest BCUT2D eigenvalue weighted by Crippen LogP contribution is 2.25. The van der Waals surface area contributed by atoms with Gasteiger partial charge in [-0.3, -0.25) is 19.9 Å². The highest BCUT2D eigenvalue weighted by atomic mass is 16.6. The number of hydrogen-bond acceptors (Lipinski definition) is 5. The van der Waals surface area contributed by atoms with Crippen molar-refractivity contribution in [1.29, 1.82) is 0 Å². The van der Waals surface area contributed by atoms with E-state index >= 15 is 0 Å². The Hall–Kier alpha value is -2.96. The number of nitro groups is 1. The number of aromatic nitrogens is 1. The molecule has 20 heavy (non-hydrogen) atoms. The maximum Gasteiger partial charge on any atom is 0.282 e. The molecule has 1 N–H and O–H groups in total. The molecule has 7 heteroatoms. The Labute approximate surface area is 114 Å². The second-order valence-corrected chi connectivity index (χ2v) is 4.03. The van der Waals surface area contributed by atoms with Gasteiger partial charge in [-0.05, 0) is 24.3 Å². The Bertz CT molecular complexity index is 658. The number of nitrogens with zero attached hydrogens (tertiary/aromatic N) is 3. The number of anilines is 1. The van der Waals surface area contributed by atoms with Crippen LogP contribution in [0, 0.1) is 10.1 Å². The smallest absolute Gasteiger partial charge is 0.282 e. The zero-order valence-electron chi connectivity index (χ0n) is 10.6. The molecule has 0 spiro atoms. The summed E-state index contributed by atoms with van der Waals surface area (Å²) >= 11 is 0. The molecule has 0 unspecified atom stereocenters. The van der Waals surface area contributed by atoms with Crippen LogP contribution < -0.4 is 4.90 Å². The van der Waals surface area contributed by atoms with Gasteiger partial charge < -0.3 is 10.0 Å². The molecule has 2 aromatic rings. The van der Waals surface area contributed by atoms with Crippen LogP contribution in [0.25, 0.3) is 0 Å². The number of phenolic OH excluding ortho intramolecular Hbond substituents is 1. The summed E-state index contributed by atoms with van der Waals surface area (Å²) in [6.45, 7) is 0. The lowest BCUT2D eigenvalue weighted by atomic mass is 10.1. The minimum atomic E-state index is -0.660. The molecule has 1 heterocycles. The second kappa shape index (κ2) is 5.35. The standard InChI is InChI=1S/C13H11N3O4/c1-15(9-4-6-14-7-5-9)13(18)11-8-10(17)2-3-12(11)16(19)20/h2-8,17H,1H3. The summed E-state index contributed by atoms with van der Waals surface area (Å²) < 4.78 is 0. The quantitative estimate of drug-likeness (QED) is 0.681. The summed E-state index contributed by atoms with van der Waals surface area (Å²) in [7, 11) is 1.49. The van der Waals surface area contributed by atoms with Gasteiger partial charge in [0.15, 0.2) is 0 Å². The van der Waals surface area contributed by atoms with E-state index < -0.39 is 10.8 Å². The molecule has 1 amide bonds. The van der Waals surface area contributed by atoms with Gasteiger partial charge in [-0.25, -0.2) is 0 Å². The first-order valence-corrected chi connectivity index (χ1v) is 5.66. The minimum Gasteiger partial charge on any atom is -0.508 e. The predicted molar refractivity (Wildman–Crippen MR) is 71.7 cm³/mol. The lowest BCUT2D eigenvalue weighted by Crippen LogP contribution is -2.26. The van der Waals surface area contributed by atoms with Crippen molar-refractivity contribution < 1.29 is 14.8 Å². The molecule has 1 aromatic carbocycles. The highest BCUT2D eigenvalue weighted by Gasteiger charge is 2.24.